The first-order valence-corrected chi connectivity index (χ1v) is 5.46. The van der Waals surface area contributed by atoms with E-state index in [4.69, 9.17) is 0 Å². The van der Waals surface area contributed by atoms with Gasteiger partial charge in [-0.1, -0.05) is 6.07 Å². The van der Waals surface area contributed by atoms with E-state index in [0.717, 1.165) is 11.1 Å². The van der Waals surface area contributed by atoms with Crippen molar-refractivity contribution >= 4 is 10.0 Å². The van der Waals surface area contributed by atoms with E-state index in [0.29, 0.717) is 4.90 Å². The molecule has 0 bridgehead atoms. The lowest BCUT2D eigenvalue weighted by Crippen LogP contribution is -2.18. The third-order valence-electron chi connectivity index (χ3n) is 2.06. The predicted octanol–water partition coefficient (Wildman–Crippen LogP) is 1.21. The van der Waals surface area contributed by atoms with Crippen molar-refractivity contribution in [2.75, 3.05) is 7.05 Å². The van der Waals surface area contributed by atoms with E-state index in [1.54, 1.807) is 18.2 Å². The summed E-state index contributed by atoms with van der Waals surface area (Å²) >= 11 is 0. The molecule has 0 atom stereocenters. The summed E-state index contributed by atoms with van der Waals surface area (Å²) in [6.45, 7) is 3.84. The third kappa shape index (κ3) is 2.08. The Labute approximate surface area is 78.8 Å². The van der Waals surface area contributed by atoms with Gasteiger partial charge in [0.25, 0.3) is 0 Å². The van der Waals surface area contributed by atoms with Crippen molar-refractivity contribution in [2.24, 2.45) is 0 Å². The minimum absolute atomic E-state index is 0.318. The van der Waals surface area contributed by atoms with Crippen LogP contribution in [0.2, 0.25) is 0 Å². The van der Waals surface area contributed by atoms with Gasteiger partial charge in [-0.25, -0.2) is 13.1 Å². The van der Waals surface area contributed by atoms with E-state index >= 15 is 0 Å². The summed E-state index contributed by atoms with van der Waals surface area (Å²) in [7, 11) is -1.88. The fourth-order valence-corrected chi connectivity index (χ4v) is 1.81. The minimum Gasteiger partial charge on any atom is -0.214 e. The predicted molar refractivity (Wildman–Crippen MR) is 52.2 cm³/mol. The zero-order chi connectivity index (χ0) is 10.1. The molecule has 0 aliphatic carbocycles. The van der Waals surface area contributed by atoms with E-state index in [2.05, 4.69) is 4.72 Å². The van der Waals surface area contributed by atoms with E-state index in [1.807, 2.05) is 13.8 Å². The third-order valence-corrected chi connectivity index (χ3v) is 3.47. The maximum absolute atomic E-state index is 11.4. The SMILES string of the molecule is CNS(=O)(=O)c1ccc(C)c(C)c1. The first-order chi connectivity index (χ1) is 5.97. The zero-order valence-corrected chi connectivity index (χ0v) is 8.77. The molecule has 1 aromatic carbocycles. The van der Waals surface area contributed by atoms with Crippen LogP contribution in [0.1, 0.15) is 11.1 Å². The van der Waals surface area contributed by atoms with Crippen LogP contribution >= 0.6 is 0 Å². The molecule has 0 aromatic heterocycles. The van der Waals surface area contributed by atoms with Gasteiger partial charge in [-0.3, -0.25) is 0 Å². The van der Waals surface area contributed by atoms with Gasteiger partial charge < -0.3 is 0 Å². The van der Waals surface area contributed by atoms with E-state index in [-0.39, 0.29) is 0 Å². The topological polar surface area (TPSA) is 46.2 Å². The van der Waals surface area contributed by atoms with Gasteiger partial charge in [0.1, 0.15) is 0 Å². The van der Waals surface area contributed by atoms with Crippen molar-refractivity contribution in [2.45, 2.75) is 18.7 Å². The summed E-state index contributed by atoms with van der Waals surface area (Å²) in [5.41, 5.74) is 2.08. The first kappa shape index (κ1) is 10.2. The van der Waals surface area contributed by atoms with Crippen molar-refractivity contribution in [1.82, 2.24) is 4.72 Å². The average molecular weight is 199 g/mol. The second-order valence-electron chi connectivity index (χ2n) is 2.95. The Morgan fingerprint density at radius 1 is 1.15 bits per heavy atom. The highest BCUT2D eigenvalue weighted by Crippen LogP contribution is 2.13. The zero-order valence-electron chi connectivity index (χ0n) is 7.96. The second-order valence-corrected chi connectivity index (χ2v) is 4.84. The van der Waals surface area contributed by atoms with Crippen LogP contribution in [0.15, 0.2) is 23.1 Å². The van der Waals surface area contributed by atoms with Crippen molar-refractivity contribution in [3.63, 3.8) is 0 Å². The molecule has 0 spiro atoms. The van der Waals surface area contributed by atoms with E-state index in [9.17, 15) is 8.42 Å². The highest BCUT2D eigenvalue weighted by Gasteiger charge is 2.10. The molecule has 1 rings (SSSR count). The minimum atomic E-state index is -3.29. The normalized spacial score (nSPS) is 11.6. The largest absolute Gasteiger partial charge is 0.240 e. The Balaban J connectivity index is 3.27. The van der Waals surface area contributed by atoms with Crippen LogP contribution in [-0.2, 0) is 10.0 Å². The van der Waals surface area contributed by atoms with Gasteiger partial charge in [-0.15, -0.1) is 0 Å². The van der Waals surface area contributed by atoms with Crippen LogP contribution in [0.25, 0.3) is 0 Å². The monoisotopic (exact) mass is 199 g/mol. The molecule has 0 aliphatic rings. The average Bonchev–Trinajstić information content (AvgIpc) is 2.09. The molecule has 0 fully saturated rings. The Hall–Kier alpha value is -0.870. The Morgan fingerprint density at radius 3 is 2.23 bits per heavy atom. The fourth-order valence-electron chi connectivity index (χ4n) is 0.999. The lowest BCUT2D eigenvalue weighted by atomic mass is 10.1. The fraction of sp³-hybridized carbons (Fsp3) is 0.333. The summed E-state index contributed by atoms with van der Waals surface area (Å²) in [5, 5.41) is 0. The molecule has 4 heteroatoms. The first-order valence-electron chi connectivity index (χ1n) is 3.98. The smallest absolute Gasteiger partial charge is 0.214 e. The molecule has 13 heavy (non-hydrogen) atoms. The Morgan fingerprint density at radius 2 is 1.77 bits per heavy atom. The van der Waals surface area contributed by atoms with Crippen LogP contribution in [0.5, 0.6) is 0 Å². The second kappa shape index (κ2) is 3.47. The maximum atomic E-state index is 11.4. The number of hydrogen-bond acceptors (Lipinski definition) is 2. The lowest BCUT2D eigenvalue weighted by Gasteiger charge is -2.04. The van der Waals surface area contributed by atoms with Gasteiger partial charge in [-0.05, 0) is 44.2 Å². The van der Waals surface area contributed by atoms with Crippen LogP contribution in [0, 0.1) is 13.8 Å². The Kier molecular flexibility index (Phi) is 2.73. The molecule has 0 heterocycles. The van der Waals surface area contributed by atoms with Crippen molar-refractivity contribution in [1.29, 1.82) is 0 Å². The molecule has 0 saturated heterocycles. The van der Waals surface area contributed by atoms with Crippen LogP contribution in [-0.4, -0.2) is 15.5 Å². The molecule has 0 saturated carbocycles. The molecule has 0 aliphatic heterocycles. The maximum Gasteiger partial charge on any atom is 0.240 e. The van der Waals surface area contributed by atoms with Crippen LogP contribution in [0.4, 0.5) is 0 Å². The molecular weight excluding hydrogens is 186 g/mol. The summed E-state index contributed by atoms with van der Waals surface area (Å²) in [4.78, 5) is 0.318. The summed E-state index contributed by atoms with van der Waals surface area (Å²) in [6, 6.07) is 5.08. The molecule has 0 amide bonds. The van der Waals surface area contributed by atoms with Gasteiger partial charge >= 0.3 is 0 Å². The van der Waals surface area contributed by atoms with Gasteiger partial charge in [0.2, 0.25) is 10.0 Å². The number of nitrogens with one attached hydrogen (secondary N) is 1. The summed E-state index contributed by atoms with van der Waals surface area (Å²) in [5.74, 6) is 0. The molecule has 1 N–H and O–H groups in total. The van der Waals surface area contributed by atoms with Gasteiger partial charge in [-0.2, -0.15) is 0 Å². The van der Waals surface area contributed by atoms with E-state index in [1.165, 1.54) is 7.05 Å². The lowest BCUT2D eigenvalue weighted by molar-refractivity contribution is 0.588. The number of sulfonamides is 1. The van der Waals surface area contributed by atoms with Crippen LogP contribution in [0.3, 0.4) is 0 Å². The standard InChI is InChI=1S/C9H13NO2S/c1-7-4-5-9(6-8(7)2)13(11,12)10-3/h4-6,10H,1-3H3. The quantitative estimate of drug-likeness (QED) is 0.778. The van der Waals surface area contributed by atoms with Crippen molar-refractivity contribution in [3.8, 4) is 0 Å². The van der Waals surface area contributed by atoms with Gasteiger partial charge in [0.05, 0.1) is 4.90 Å². The van der Waals surface area contributed by atoms with E-state index < -0.39 is 10.0 Å². The summed E-state index contributed by atoms with van der Waals surface area (Å²) in [6.07, 6.45) is 0. The number of hydrogen-bond donors (Lipinski definition) is 1. The van der Waals surface area contributed by atoms with Crippen LogP contribution < -0.4 is 4.72 Å². The molecule has 0 unspecified atom stereocenters. The molecule has 3 nitrogen and oxygen atoms in total. The van der Waals surface area contributed by atoms with Gasteiger partial charge in [0, 0.05) is 0 Å². The van der Waals surface area contributed by atoms with Crippen molar-refractivity contribution < 1.29 is 8.42 Å². The molecule has 0 radical (unpaired) electrons. The molecule has 72 valence electrons. The van der Waals surface area contributed by atoms with Gasteiger partial charge in [0.15, 0.2) is 0 Å². The molecular formula is C9H13NO2S. The Bertz CT molecular complexity index is 410. The summed E-state index contributed by atoms with van der Waals surface area (Å²) < 4.78 is 25.0. The highest BCUT2D eigenvalue weighted by atomic mass is 32.2. The number of aryl methyl sites for hydroxylation is 2. The highest BCUT2D eigenvalue weighted by molar-refractivity contribution is 7.89. The molecule has 1 aromatic rings. The number of benzene rings is 1. The van der Waals surface area contributed by atoms with Crippen molar-refractivity contribution in [3.05, 3.63) is 29.3 Å². The number of rotatable bonds is 2.